The molecule has 102 valence electrons. The third-order valence-corrected chi connectivity index (χ3v) is 3.36. The van der Waals surface area contributed by atoms with Crippen molar-refractivity contribution in [2.24, 2.45) is 5.73 Å². The zero-order valence-corrected chi connectivity index (χ0v) is 11.0. The predicted molar refractivity (Wildman–Crippen MR) is 77.6 cm³/mol. The number of carbonyl (C=O) groups excluding carboxylic acids is 1. The maximum atomic E-state index is 11.3. The average molecular weight is 268 g/mol. The quantitative estimate of drug-likeness (QED) is 0.894. The van der Waals surface area contributed by atoms with Gasteiger partial charge in [0.05, 0.1) is 12.5 Å². The third kappa shape index (κ3) is 2.65. The molecule has 0 aromatic heterocycles. The second-order valence-electron chi connectivity index (χ2n) is 4.87. The molecule has 0 fully saturated rings. The molecule has 0 radical (unpaired) electrons. The maximum absolute atomic E-state index is 11.3. The van der Waals surface area contributed by atoms with Crippen LogP contribution in [-0.4, -0.2) is 12.5 Å². The van der Waals surface area contributed by atoms with Crippen molar-refractivity contribution in [3.05, 3.63) is 59.7 Å². The van der Waals surface area contributed by atoms with E-state index >= 15 is 0 Å². The molecule has 2 aromatic carbocycles. The number of carbonyl (C=O) groups is 1. The molecule has 0 spiro atoms. The number of hydrogen-bond donors (Lipinski definition) is 2. The van der Waals surface area contributed by atoms with Crippen LogP contribution < -0.4 is 15.8 Å². The second kappa shape index (κ2) is 5.35. The Kier molecular flexibility index (Phi) is 3.39. The number of ether oxygens (including phenoxy) is 1. The summed E-state index contributed by atoms with van der Waals surface area (Å²) in [5.74, 6) is 0.746. The van der Waals surface area contributed by atoms with Crippen LogP contribution in [0.1, 0.15) is 17.2 Å². The van der Waals surface area contributed by atoms with E-state index in [9.17, 15) is 4.79 Å². The summed E-state index contributed by atoms with van der Waals surface area (Å²) < 4.78 is 5.71. The number of nitrogens with one attached hydrogen (secondary N) is 1. The van der Waals surface area contributed by atoms with Crippen LogP contribution in [0.15, 0.2) is 48.5 Å². The van der Waals surface area contributed by atoms with Crippen LogP contribution in [-0.2, 0) is 11.2 Å². The van der Waals surface area contributed by atoms with Gasteiger partial charge >= 0.3 is 0 Å². The van der Waals surface area contributed by atoms with E-state index in [1.807, 2.05) is 48.5 Å². The molecule has 0 bridgehead atoms. The van der Waals surface area contributed by atoms with Crippen LogP contribution in [0.3, 0.4) is 0 Å². The molecule has 1 heterocycles. The lowest BCUT2D eigenvalue weighted by molar-refractivity contribution is -0.115. The number of rotatable bonds is 4. The van der Waals surface area contributed by atoms with Gasteiger partial charge in [0.25, 0.3) is 0 Å². The number of fused-ring (bicyclic) bond motifs is 1. The van der Waals surface area contributed by atoms with Crippen molar-refractivity contribution in [2.75, 3.05) is 11.9 Å². The molecule has 1 aliphatic rings. The fraction of sp³-hybridized carbons (Fsp3) is 0.188. The predicted octanol–water partition coefficient (Wildman–Crippen LogP) is 2.26. The van der Waals surface area contributed by atoms with Crippen LogP contribution in [0.4, 0.5) is 5.69 Å². The van der Waals surface area contributed by atoms with Crippen LogP contribution in [0.2, 0.25) is 0 Å². The van der Waals surface area contributed by atoms with E-state index in [1.54, 1.807) is 0 Å². The molecule has 0 saturated carbocycles. The monoisotopic (exact) mass is 268 g/mol. The number of anilines is 1. The summed E-state index contributed by atoms with van der Waals surface area (Å²) in [5, 5.41) is 2.81. The maximum Gasteiger partial charge on any atom is 0.228 e. The fourth-order valence-electron chi connectivity index (χ4n) is 2.27. The first-order chi connectivity index (χ1) is 9.72. The molecule has 2 aromatic rings. The lowest BCUT2D eigenvalue weighted by Crippen LogP contribution is -2.18. The Morgan fingerprint density at radius 1 is 1.20 bits per heavy atom. The molecule has 0 aliphatic carbocycles. The standard InChI is InChI=1S/C16H16N2O2/c17-14(11-4-2-1-3-5-11)10-20-13-7-6-12-8-16(19)18-15(12)9-13/h1-7,9,14H,8,10,17H2,(H,18,19)/t14-/m0/s1. The first-order valence-corrected chi connectivity index (χ1v) is 6.58. The molecule has 3 N–H and O–H groups in total. The van der Waals surface area contributed by atoms with Gasteiger partial charge < -0.3 is 15.8 Å². The molecule has 1 atom stereocenters. The Morgan fingerprint density at radius 2 is 2.00 bits per heavy atom. The zero-order chi connectivity index (χ0) is 13.9. The van der Waals surface area contributed by atoms with Gasteiger partial charge in [-0.1, -0.05) is 36.4 Å². The van der Waals surface area contributed by atoms with Crippen LogP contribution in [0.25, 0.3) is 0 Å². The minimum Gasteiger partial charge on any atom is -0.492 e. The Hall–Kier alpha value is -2.33. The molecule has 0 saturated heterocycles. The summed E-state index contributed by atoms with van der Waals surface area (Å²) >= 11 is 0. The Balaban J connectivity index is 1.65. The van der Waals surface area contributed by atoms with Gasteiger partial charge in [-0.15, -0.1) is 0 Å². The lowest BCUT2D eigenvalue weighted by atomic mass is 10.1. The van der Waals surface area contributed by atoms with E-state index in [2.05, 4.69) is 5.32 Å². The average Bonchev–Trinajstić information content (AvgIpc) is 2.85. The number of nitrogens with two attached hydrogens (primary N) is 1. The first kappa shape index (κ1) is 12.7. The van der Waals surface area contributed by atoms with Crippen LogP contribution in [0, 0.1) is 0 Å². The normalized spacial score (nSPS) is 14.6. The van der Waals surface area contributed by atoms with Gasteiger partial charge in [0.2, 0.25) is 5.91 Å². The smallest absolute Gasteiger partial charge is 0.228 e. The summed E-state index contributed by atoms with van der Waals surface area (Å²) in [4.78, 5) is 11.3. The summed E-state index contributed by atoms with van der Waals surface area (Å²) in [6, 6.07) is 15.3. The summed E-state index contributed by atoms with van der Waals surface area (Å²) in [7, 11) is 0. The van der Waals surface area contributed by atoms with Gasteiger partial charge in [0, 0.05) is 11.8 Å². The van der Waals surface area contributed by atoms with Gasteiger partial charge in [-0.2, -0.15) is 0 Å². The Morgan fingerprint density at radius 3 is 2.80 bits per heavy atom. The summed E-state index contributed by atoms with van der Waals surface area (Å²) in [5.41, 5.74) is 8.97. The van der Waals surface area contributed by atoms with Gasteiger partial charge in [0.1, 0.15) is 12.4 Å². The Labute approximate surface area is 117 Å². The van der Waals surface area contributed by atoms with Crippen molar-refractivity contribution in [2.45, 2.75) is 12.5 Å². The van der Waals surface area contributed by atoms with Crippen molar-refractivity contribution in [1.82, 2.24) is 0 Å². The van der Waals surface area contributed by atoms with Crippen molar-refractivity contribution < 1.29 is 9.53 Å². The molecule has 1 aliphatic heterocycles. The van der Waals surface area contributed by atoms with Gasteiger partial charge in [-0.3, -0.25) is 4.79 Å². The number of hydrogen-bond acceptors (Lipinski definition) is 3. The summed E-state index contributed by atoms with van der Waals surface area (Å²) in [6.07, 6.45) is 0.444. The minimum atomic E-state index is -0.168. The van der Waals surface area contributed by atoms with Gasteiger partial charge in [-0.25, -0.2) is 0 Å². The van der Waals surface area contributed by atoms with Crippen LogP contribution in [0.5, 0.6) is 5.75 Å². The largest absolute Gasteiger partial charge is 0.492 e. The zero-order valence-electron chi connectivity index (χ0n) is 11.0. The topological polar surface area (TPSA) is 64.3 Å². The SMILES string of the molecule is N[C@@H](COc1ccc2c(c1)NC(=O)C2)c1ccccc1. The van der Waals surface area contributed by atoms with E-state index < -0.39 is 0 Å². The number of benzene rings is 2. The molecule has 1 amide bonds. The van der Waals surface area contributed by atoms with Crippen molar-refractivity contribution in [3.63, 3.8) is 0 Å². The second-order valence-corrected chi connectivity index (χ2v) is 4.87. The molecule has 20 heavy (non-hydrogen) atoms. The highest BCUT2D eigenvalue weighted by molar-refractivity contribution is 5.99. The van der Waals surface area contributed by atoms with Crippen LogP contribution >= 0.6 is 0 Å². The molecule has 4 nitrogen and oxygen atoms in total. The first-order valence-electron chi connectivity index (χ1n) is 6.58. The van der Waals surface area contributed by atoms with Crippen molar-refractivity contribution >= 4 is 11.6 Å². The minimum absolute atomic E-state index is 0.0261. The fourth-order valence-corrected chi connectivity index (χ4v) is 2.27. The van der Waals surface area contributed by atoms with Gasteiger partial charge in [0.15, 0.2) is 0 Å². The van der Waals surface area contributed by atoms with Crippen molar-refractivity contribution in [3.8, 4) is 5.75 Å². The third-order valence-electron chi connectivity index (χ3n) is 3.36. The van der Waals surface area contributed by atoms with E-state index in [0.717, 1.165) is 22.6 Å². The van der Waals surface area contributed by atoms with E-state index in [4.69, 9.17) is 10.5 Å². The molecule has 3 rings (SSSR count). The summed E-state index contributed by atoms with van der Waals surface area (Å²) in [6.45, 7) is 0.400. The molecule has 0 unspecified atom stereocenters. The van der Waals surface area contributed by atoms with Crippen molar-refractivity contribution in [1.29, 1.82) is 0 Å². The molecular formula is C16H16N2O2. The lowest BCUT2D eigenvalue weighted by Gasteiger charge is -2.14. The van der Waals surface area contributed by atoms with E-state index in [0.29, 0.717) is 13.0 Å². The molecule has 4 heteroatoms. The Bertz CT molecular complexity index is 626. The highest BCUT2D eigenvalue weighted by atomic mass is 16.5. The van der Waals surface area contributed by atoms with E-state index in [-0.39, 0.29) is 11.9 Å². The van der Waals surface area contributed by atoms with Gasteiger partial charge in [-0.05, 0) is 17.2 Å². The molecular weight excluding hydrogens is 252 g/mol. The highest BCUT2D eigenvalue weighted by Gasteiger charge is 2.17. The van der Waals surface area contributed by atoms with E-state index in [1.165, 1.54) is 0 Å². The highest BCUT2D eigenvalue weighted by Crippen LogP contribution is 2.27. The number of amides is 1.